The highest BCUT2D eigenvalue weighted by Gasteiger charge is 2.69. The molecule has 0 atom stereocenters. The second-order valence-electron chi connectivity index (χ2n) is 11.0. The largest absolute Gasteiger partial charge is 0.463 e. The summed E-state index contributed by atoms with van der Waals surface area (Å²) in [5, 5.41) is 0. The molecule has 228 valence electrons. The van der Waals surface area contributed by atoms with E-state index in [4.69, 9.17) is 9.47 Å². The zero-order chi connectivity index (χ0) is 29.6. The average Bonchev–Trinajstić information content (AvgIpc) is 2.86. The molecular weight excluding hydrogens is 565 g/mol. The van der Waals surface area contributed by atoms with Crippen LogP contribution >= 0.6 is 10.2 Å². The Morgan fingerprint density at radius 3 is 1.88 bits per heavy atom. The predicted molar refractivity (Wildman–Crippen MR) is 139 cm³/mol. The van der Waals surface area contributed by atoms with Crippen LogP contribution in [0.4, 0.5) is 28.2 Å². The molecule has 0 spiro atoms. The van der Waals surface area contributed by atoms with Crippen LogP contribution in [-0.2, 0) is 19.1 Å². The monoisotopic (exact) mass is 602 g/mol. The lowest BCUT2D eigenvalue weighted by Gasteiger charge is -2.41. The van der Waals surface area contributed by atoms with Gasteiger partial charge in [-0.1, -0.05) is 38.8 Å². The highest BCUT2D eigenvalue weighted by Crippen LogP contribution is 3.02. The van der Waals surface area contributed by atoms with E-state index in [1.807, 2.05) is 0 Å². The Balaban J connectivity index is 1.37. The van der Waals surface area contributed by atoms with E-state index in [-0.39, 0.29) is 17.6 Å². The van der Waals surface area contributed by atoms with Gasteiger partial charge in [-0.3, -0.25) is 4.79 Å². The molecule has 0 N–H and O–H groups in total. The summed E-state index contributed by atoms with van der Waals surface area (Å²) in [5.74, 6) is -4.86. The van der Waals surface area contributed by atoms with E-state index in [1.165, 1.54) is 0 Å². The summed E-state index contributed by atoms with van der Waals surface area (Å²) >= 11 is 0. The van der Waals surface area contributed by atoms with E-state index < -0.39 is 38.6 Å². The van der Waals surface area contributed by atoms with Crippen LogP contribution in [-0.4, -0.2) is 24.6 Å². The summed E-state index contributed by atoms with van der Waals surface area (Å²) in [4.78, 5) is 20.1. The van der Waals surface area contributed by atoms with Crippen molar-refractivity contribution < 1.29 is 47.3 Å². The molecule has 2 fully saturated rings. The van der Waals surface area contributed by atoms with Crippen molar-refractivity contribution in [3.63, 3.8) is 0 Å². The minimum absolute atomic E-state index is 0.0224. The molecule has 0 unspecified atom stereocenters. The fraction of sp³-hybridized carbons (Fsp3) is 0.643. The van der Waals surface area contributed by atoms with Crippen LogP contribution in [0.1, 0.15) is 95.0 Å². The van der Waals surface area contributed by atoms with Crippen LogP contribution < -0.4 is 0 Å². The first kappa shape index (κ1) is 32.3. The number of esters is 2. The Morgan fingerprint density at radius 1 is 0.825 bits per heavy atom. The number of hydrogen-bond acceptors (Lipinski definition) is 4. The molecule has 0 bridgehead atoms. The van der Waals surface area contributed by atoms with Crippen LogP contribution in [0.25, 0.3) is 0 Å². The standard InChI is InChI=1S/C28H37F7O4S/c1-2-26(36)38-16-6-4-3-5-7-27(37)39-23-14-12-20(13-15-23)19-8-10-21(11-9-19)22-17-24(29)28(25(30)18-22)40(31,32,33,34)35/h2,17-21,23H,1,3-16H2. The zero-order valence-electron chi connectivity index (χ0n) is 22.3. The number of benzene rings is 1. The van der Waals surface area contributed by atoms with Gasteiger partial charge in [0.1, 0.15) is 17.7 Å². The minimum atomic E-state index is -10.5. The van der Waals surface area contributed by atoms with Gasteiger partial charge in [-0.15, -0.1) is 0 Å². The molecule has 2 aliphatic rings. The Labute approximate surface area is 230 Å². The van der Waals surface area contributed by atoms with E-state index in [0.29, 0.717) is 56.3 Å². The Bertz CT molecular complexity index is 1040. The summed E-state index contributed by atoms with van der Waals surface area (Å²) in [6.45, 7) is 3.65. The van der Waals surface area contributed by atoms with Crippen molar-refractivity contribution in [2.24, 2.45) is 11.8 Å². The summed E-state index contributed by atoms with van der Waals surface area (Å²) in [6, 6.07) is 0.809. The molecule has 0 amide bonds. The van der Waals surface area contributed by atoms with Crippen molar-refractivity contribution >= 4 is 22.2 Å². The van der Waals surface area contributed by atoms with Gasteiger partial charge in [-0.25, -0.2) is 13.6 Å². The topological polar surface area (TPSA) is 52.6 Å². The third kappa shape index (κ3) is 9.41. The van der Waals surface area contributed by atoms with Gasteiger partial charge in [0.05, 0.1) is 6.61 Å². The normalized spacial score (nSPS) is 25.4. The van der Waals surface area contributed by atoms with E-state index in [0.717, 1.165) is 63.9 Å². The highest BCUT2D eigenvalue weighted by molar-refractivity contribution is 8.45. The molecule has 2 aliphatic carbocycles. The van der Waals surface area contributed by atoms with Crippen LogP contribution in [0.5, 0.6) is 0 Å². The van der Waals surface area contributed by atoms with Crippen molar-refractivity contribution in [3.05, 3.63) is 42.0 Å². The average molecular weight is 603 g/mol. The molecule has 0 aliphatic heterocycles. The first-order valence-electron chi connectivity index (χ1n) is 13.8. The Hall–Kier alpha value is -2.24. The van der Waals surface area contributed by atoms with Crippen molar-refractivity contribution in [2.75, 3.05) is 6.61 Å². The van der Waals surface area contributed by atoms with Gasteiger partial charge in [0, 0.05) is 12.5 Å². The lowest BCUT2D eigenvalue weighted by molar-refractivity contribution is -0.151. The molecule has 3 rings (SSSR count). The van der Waals surface area contributed by atoms with Crippen LogP contribution in [0.3, 0.4) is 0 Å². The molecule has 0 aromatic heterocycles. The number of halogens is 7. The van der Waals surface area contributed by atoms with E-state index in [9.17, 15) is 37.8 Å². The van der Waals surface area contributed by atoms with Gasteiger partial charge in [0.25, 0.3) is 0 Å². The van der Waals surface area contributed by atoms with Crippen molar-refractivity contribution in [3.8, 4) is 0 Å². The maximum absolute atomic E-state index is 14.1. The summed E-state index contributed by atoms with van der Waals surface area (Å²) in [7, 11) is -10.5. The number of ether oxygens (including phenoxy) is 2. The SMILES string of the molecule is C=CC(=O)OCCCCCCC(=O)OC1CCC(C2CCC(c3cc(F)c(S(F)(F)(F)(F)F)c(F)c3)CC2)CC1. The third-order valence-corrected chi connectivity index (χ3v) is 9.18. The van der Waals surface area contributed by atoms with Crippen molar-refractivity contribution in [1.29, 1.82) is 0 Å². The van der Waals surface area contributed by atoms with Gasteiger partial charge in [0.2, 0.25) is 0 Å². The number of hydrogen-bond donors (Lipinski definition) is 0. The van der Waals surface area contributed by atoms with Crippen LogP contribution in [0.15, 0.2) is 29.7 Å². The first-order chi connectivity index (χ1) is 18.6. The second kappa shape index (κ2) is 12.3. The van der Waals surface area contributed by atoms with Crippen molar-refractivity contribution in [1.82, 2.24) is 0 Å². The van der Waals surface area contributed by atoms with Gasteiger partial charge in [-0.05, 0) is 99.7 Å². The van der Waals surface area contributed by atoms with E-state index >= 15 is 0 Å². The van der Waals surface area contributed by atoms with Gasteiger partial charge >= 0.3 is 22.2 Å². The van der Waals surface area contributed by atoms with Gasteiger partial charge in [0.15, 0.2) is 4.90 Å². The highest BCUT2D eigenvalue weighted by atomic mass is 32.5. The number of carbonyl (C=O) groups is 2. The Kier molecular flexibility index (Phi) is 9.94. The molecule has 1 aromatic carbocycles. The predicted octanol–water partition coefficient (Wildman–Crippen LogP) is 9.68. The number of unbranched alkanes of at least 4 members (excludes halogenated alkanes) is 3. The molecule has 2 saturated carbocycles. The first-order valence-corrected chi connectivity index (χ1v) is 15.7. The summed E-state index contributed by atoms with van der Waals surface area (Å²) in [6.07, 6.45) is 10.1. The second-order valence-corrected chi connectivity index (χ2v) is 13.3. The lowest BCUT2D eigenvalue weighted by Crippen LogP contribution is -2.29. The minimum Gasteiger partial charge on any atom is -0.463 e. The molecule has 12 heteroatoms. The quantitative estimate of drug-likeness (QED) is 0.103. The van der Waals surface area contributed by atoms with Gasteiger partial charge < -0.3 is 9.47 Å². The zero-order valence-corrected chi connectivity index (χ0v) is 23.2. The summed E-state index contributed by atoms with van der Waals surface area (Å²) in [5.41, 5.74) is -0.0224. The van der Waals surface area contributed by atoms with Crippen LogP contribution in [0.2, 0.25) is 0 Å². The molecule has 0 radical (unpaired) electrons. The molecule has 4 nitrogen and oxygen atoms in total. The van der Waals surface area contributed by atoms with E-state index in [1.54, 1.807) is 0 Å². The molecular formula is C28H37F7O4S. The maximum Gasteiger partial charge on any atom is 0.330 e. The molecule has 0 saturated heterocycles. The lowest BCUT2D eigenvalue weighted by atomic mass is 9.69. The third-order valence-electron chi connectivity index (χ3n) is 8.02. The fourth-order valence-electron chi connectivity index (χ4n) is 5.99. The molecule has 0 heterocycles. The van der Waals surface area contributed by atoms with Gasteiger partial charge in [-0.2, -0.15) is 0 Å². The smallest absolute Gasteiger partial charge is 0.330 e. The summed E-state index contributed by atoms with van der Waals surface area (Å²) < 4.78 is 104. The maximum atomic E-state index is 14.1. The Morgan fingerprint density at radius 2 is 1.35 bits per heavy atom. The van der Waals surface area contributed by atoms with E-state index in [2.05, 4.69) is 6.58 Å². The number of carbonyl (C=O) groups excluding carboxylic acids is 2. The molecule has 1 aromatic rings. The van der Waals surface area contributed by atoms with Crippen molar-refractivity contribution in [2.45, 2.75) is 100 Å². The molecule has 40 heavy (non-hydrogen) atoms. The number of rotatable bonds is 12. The fourth-order valence-corrected chi connectivity index (χ4v) is 6.84. The van der Waals surface area contributed by atoms with Crippen LogP contribution in [0, 0.1) is 23.5 Å².